The highest BCUT2D eigenvalue weighted by atomic mass is 33.1. The van der Waals surface area contributed by atoms with E-state index in [9.17, 15) is 9.59 Å². The van der Waals surface area contributed by atoms with Crippen molar-refractivity contribution >= 4 is 44.3 Å². The number of rotatable bonds is 10. The Hall–Kier alpha value is -1.64. The molecule has 0 aliphatic rings. The Morgan fingerprint density at radius 1 is 1.24 bits per heavy atom. The summed E-state index contributed by atoms with van der Waals surface area (Å²) < 4.78 is 0. The Balaban J connectivity index is 1.93. The summed E-state index contributed by atoms with van der Waals surface area (Å²) in [7, 11) is 3.38. The molecule has 0 saturated carbocycles. The van der Waals surface area contributed by atoms with Gasteiger partial charge in [0.2, 0.25) is 11.8 Å². The van der Waals surface area contributed by atoms with Crippen molar-refractivity contribution in [2.45, 2.75) is 19.4 Å². The summed E-state index contributed by atoms with van der Waals surface area (Å²) in [6.07, 6.45) is 2.34. The lowest BCUT2D eigenvalue weighted by Crippen LogP contribution is -2.47. The fraction of sp³-hybridized carbons (Fsp3) is 0.412. The smallest absolute Gasteiger partial charge is 0.242 e. The van der Waals surface area contributed by atoms with Crippen LogP contribution in [0.5, 0.6) is 0 Å². The fourth-order valence-electron chi connectivity index (χ4n) is 2.48. The summed E-state index contributed by atoms with van der Waals surface area (Å²) in [4.78, 5) is 27.1. The van der Waals surface area contributed by atoms with Crippen molar-refractivity contribution in [2.75, 3.05) is 24.6 Å². The zero-order chi connectivity index (χ0) is 18.1. The van der Waals surface area contributed by atoms with Crippen LogP contribution < -0.4 is 16.4 Å². The Bertz CT molecular complexity index is 705. The van der Waals surface area contributed by atoms with Crippen LogP contribution in [0.15, 0.2) is 30.5 Å². The van der Waals surface area contributed by atoms with Gasteiger partial charge in [-0.25, -0.2) is 0 Å². The number of carbonyl (C=O) groups excluding carboxylic acids is 2. The maximum Gasteiger partial charge on any atom is 0.242 e. The number of H-pyrrole nitrogens is 1. The Morgan fingerprint density at radius 2 is 2.00 bits per heavy atom. The number of nitrogens with one attached hydrogen (secondary N) is 3. The van der Waals surface area contributed by atoms with E-state index in [1.54, 1.807) is 21.6 Å². The lowest BCUT2D eigenvalue weighted by molar-refractivity contribution is -0.127. The van der Waals surface area contributed by atoms with Gasteiger partial charge < -0.3 is 21.4 Å². The largest absolute Gasteiger partial charge is 0.361 e. The SMILES string of the molecule is CC(=O)N[C@@H](Cc1c[nH]c2ccccc12)C(=O)NCCSSCCN. The molecule has 6 nitrogen and oxygen atoms in total. The van der Waals surface area contributed by atoms with Gasteiger partial charge in [-0.05, 0) is 11.6 Å². The number of carbonyl (C=O) groups is 2. The number of aromatic amines is 1. The van der Waals surface area contributed by atoms with Crippen molar-refractivity contribution in [3.05, 3.63) is 36.0 Å². The molecule has 136 valence electrons. The first kappa shape index (κ1) is 19.7. The van der Waals surface area contributed by atoms with Crippen molar-refractivity contribution in [3.63, 3.8) is 0 Å². The molecular formula is C17H24N4O2S2. The van der Waals surface area contributed by atoms with Gasteiger partial charge in [0.1, 0.15) is 6.04 Å². The van der Waals surface area contributed by atoms with Crippen molar-refractivity contribution < 1.29 is 9.59 Å². The van der Waals surface area contributed by atoms with E-state index >= 15 is 0 Å². The van der Waals surface area contributed by atoms with Gasteiger partial charge in [0.05, 0.1) is 0 Å². The summed E-state index contributed by atoms with van der Waals surface area (Å²) >= 11 is 0. The van der Waals surface area contributed by atoms with Crippen LogP contribution in [0, 0.1) is 0 Å². The normalized spacial score (nSPS) is 12.1. The average Bonchev–Trinajstić information content (AvgIpc) is 3.00. The predicted octanol–water partition coefficient (Wildman–Crippen LogP) is 1.67. The van der Waals surface area contributed by atoms with E-state index in [2.05, 4.69) is 15.6 Å². The second-order valence-corrected chi connectivity index (χ2v) is 8.24. The molecule has 0 aliphatic carbocycles. The Labute approximate surface area is 155 Å². The molecule has 0 bridgehead atoms. The number of hydrogen-bond acceptors (Lipinski definition) is 5. The van der Waals surface area contributed by atoms with E-state index in [0.29, 0.717) is 19.5 Å². The quantitative estimate of drug-likeness (QED) is 0.371. The third-order valence-corrected chi connectivity index (χ3v) is 6.00. The molecule has 0 saturated heterocycles. The van der Waals surface area contributed by atoms with Gasteiger partial charge in [-0.1, -0.05) is 39.8 Å². The molecule has 1 atom stereocenters. The molecule has 25 heavy (non-hydrogen) atoms. The molecular weight excluding hydrogens is 356 g/mol. The molecule has 2 amide bonds. The van der Waals surface area contributed by atoms with Gasteiger partial charge in [0.25, 0.3) is 0 Å². The molecule has 0 aliphatic heterocycles. The second kappa shape index (κ2) is 10.4. The lowest BCUT2D eigenvalue weighted by atomic mass is 10.0. The molecule has 0 unspecified atom stereocenters. The van der Waals surface area contributed by atoms with Gasteiger partial charge in [-0.2, -0.15) is 0 Å². The molecule has 8 heteroatoms. The number of hydrogen-bond donors (Lipinski definition) is 4. The molecule has 0 fully saturated rings. The van der Waals surface area contributed by atoms with Gasteiger partial charge in [0, 0.05) is 55.0 Å². The van der Waals surface area contributed by atoms with Crippen LogP contribution in [0.2, 0.25) is 0 Å². The van der Waals surface area contributed by atoms with E-state index in [4.69, 9.17) is 5.73 Å². The van der Waals surface area contributed by atoms with Crippen LogP contribution in [0.4, 0.5) is 0 Å². The second-order valence-electron chi connectivity index (χ2n) is 5.54. The van der Waals surface area contributed by atoms with E-state index < -0.39 is 6.04 Å². The van der Waals surface area contributed by atoms with E-state index in [1.165, 1.54) is 6.92 Å². The third kappa shape index (κ3) is 6.30. The maximum atomic E-state index is 12.5. The third-order valence-electron chi connectivity index (χ3n) is 3.56. The fourth-order valence-corrected chi connectivity index (χ4v) is 4.24. The van der Waals surface area contributed by atoms with Crippen LogP contribution in [0.3, 0.4) is 0 Å². The zero-order valence-electron chi connectivity index (χ0n) is 14.2. The molecule has 1 aromatic heterocycles. The summed E-state index contributed by atoms with van der Waals surface area (Å²) in [6, 6.07) is 7.33. The van der Waals surface area contributed by atoms with E-state index in [-0.39, 0.29) is 11.8 Å². The number of aromatic nitrogens is 1. The van der Waals surface area contributed by atoms with Crippen molar-refractivity contribution in [2.24, 2.45) is 5.73 Å². The van der Waals surface area contributed by atoms with Gasteiger partial charge in [-0.3, -0.25) is 9.59 Å². The topological polar surface area (TPSA) is 100 Å². The van der Waals surface area contributed by atoms with Gasteiger partial charge in [-0.15, -0.1) is 0 Å². The van der Waals surface area contributed by atoms with Crippen molar-refractivity contribution in [3.8, 4) is 0 Å². The Kier molecular flexibility index (Phi) is 8.17. The highest BCUT2D eigenvalue weighted by Crippen LogP contribution is 2.20. The number of fused-ring (bicyclic) bond motifs is 1. The van der Waals surface area contributed by atoms with Crippen molar-refractivity contribution in [1.29, 1.82) is 0 Å². The first-order chi connectivity index (χ1) is 12.1. The van der Waals surface area contributed by atoms with Crippen LogP contribution in [0.1, 0.15) is 12.5 Å². The summed E-state index contributed by atoms with van der Waals surface area (Å²) in [5, 5.41) is 6.72. The molecule has 0 spiro atoms. The molecule has 1 heterocycles. The number of benzene rings is 1. The monoisotopic (exact) mass is 380 g/mol. The molecule has 5 N–H and O–H groups in total. The van der Waals surface area contributed by atoms with E-state index in [0.717, 1.165) is 28.0 Å². The molecule has 2 rings (SSSR count). The first-order valence-corrected chi connectivity index (χ1v) is 10.6. The Morgan fingerprint density at radius 3 is 2.76 bits per heavy atom. The maximum absolute atomic E-state index is 12.5. The molecule has 0 radical (unpaired) electrons. The van der Waals surface area contributed by atoms with Gasteiger partial charge in [0.15, 0.2) is 0 Å². The highest BCUT2D eigenvalue weighted by Gasteiger charge is 2.21. The van der Waals surface area contributed by atoms with E-state index in [1.807, 2.05) is 30.5 Å². The number of nitrogens with two attached hydrogens (primary N) is 1. The first-order valence-electron chi connectivity index (χ1n) is 8.16. The molecule has 2 aromatic rings. The summed E-state index contributed by atoms with van der Waals surface area (Å²) in [5.41, 5.74) is 7.47. The summed E-state index contributed by atoms with van der Waals surface area (Å²) in [6.45, 7) is 2.64. The minimum atomic E-state index is -0.585. The number of para-hydroxylation sites is 1. The van der Waals surface area contributed by atoms with Crippen LogP contribution in [-0.4, -0.2) is 47.4 Å². The highest BCUT2D eigenvalue weighted by molar-refractivity contribution is 8.76. The zero-order valence-corrected chi connectivity index (χ0v) is 15.8. The minimum Gasteiger partial charge on any atom is -0.361 e. The predicted molar refractivity (Wildman–Crippen MR) is 107 cm³/mol. The van der Waals surface area contributed by atoms with Crippen LogP contribution >= 0.6 is 21.6 Å². The minimum absolute atomic E-state index is 0.162. The van der Waals surface area contributed by atoms with Crippen molar-refractivity contribution in [1.82, 2.24) is 15.6 Å². The van der Waals surface area contributed by atoms with Crippen LogP contribution in [0.25, 0.3) is 10.9 Å². The molecule has 1 aromatic carbocycles. The lowest BCUT2D eigenvalue weighted by Gasteiger charge is -2.17. The number of amides is 2. The standard InChI is InChI=1S/C17H24N4O2S2/c1-12(22)21-16(17(23)19-7-9-25-24-8-6-18)10-13-11-20-15-5-3-2-4-14(13)15/h2-5,11,16,20H,6-10,18H2,1H3,(H,19,23)(H,21,22)/t16-/m0/s1. The van der Waals surface area contributed by atoms with Crippen LogP contribution in [-0.2, 0) is 16.0 Å². The van der Waals surface area contributed by atoms with Gasteiger partial charge >= 0.3 is 0 Å². The summed E-state index contributed by atoms with van der Waals surface area (Å²) in [5.74, 6) is 1.32. The average molecular weight is 381 g/mol.